The van der Waals surface area contributed by atoms with Gasteiger partial charge in [-0.25, -0.2) is 14.5 Å². The van der Waals surface area contributed by atoms with Crippen molar-refractivity contribution in [3.05, 3.63) is 42.5 Å². The number of piperidine rings is 2. The maximum absolute atomic E-state index is 13.0. The molecule has 1 amide bonds. The van der Waals surface area contributed by atoms with Crippen molar-refractivity contribution in [2.75, 3.05) is 19.6 Å². The molecule has 1 N–H and O–H groups in total. The molecule has 30 heavy (non-hydrogen) atoms. The van der Waals surface area contributed by atoms with Crippen LogP contribution in [0.25, 0.3) is 5.69 Å². The van der Waals surface area contributed by atoms with Crippen molar-refractivity contribution in [3.8, 4) is 5.69 Å². The number of rotatable bonds is 3. The van der Waals surface area contributed by atoms with E-state index in [9.17, 15) is 4.79 Å². The predicted molar refractivity (Wildman–Crippen MR) is 115 cm³/mol. The first-order valence-corrected chi connectivity index (χ1v) is 11.1. The van der Waals surface area contributed by atoms with Gasteiger partial charge >= 0.3 is 6.09 Å². The smallest absolute Gasteiger partial charge is 0.410 e. The molecule has 0 saturated carbocycles. The number of likely N-dealkylation sites (tertiary alicyclic amines) is 1. The lowest BCUT2D eigenvalue weighted by molar-refractivity contribution is -0.00112. The number of nitrogens with zero attached hydrogens (tertiary/aromatic N) is 4. The van der Waals surface area contributed by atoms with Crippen molar-refractivity contribution in [1.29, 1.82) is 0 Å². The average molecular weight is 412 g/mol. The zero-order chi connectivity index (χ0) is 21.1. The van der Waals surface area contributed by atoms with E-state index in [0.717, 1.165) is 49.6 Å². The molecule has 2 fully saturated rings. The van der Waals surface area contributed by atoms with Crippen molar-refractivity contribution in [2.45, 2.75) is 58.1 Å². The number of hydrogen-bond acceptors (Lipinski definition) is 5. The molecule has 7 nitrogen and oxygen atoms in total. The number of amides is 1. The minimum Gasteiger partial charge on any atom is -0.444 e. The maximum atomic E-state index is 13.0. The Labute approximate surface area is 178 Å². The lowest BCUT2D eigenvalue weighted by Gasteiger charge is -2.43. The quantitative estimate of drug-likeness (QED) is 0.828. The first-order chi connectivity index (χ1) is 14.4. The number of aromatic nitrogens is 3. The Bertz CT molecular complexity index is 822. The Morgan fingerprint density at radius 3 is 2.47 bits per heavy atom. The zero-order valence-electron chi connectivity index (χ0n) is 18.3. The van der Waals surface area contributed by atoms with Gasteiger partial charge in [0.15, 0.2) is 0 Å². The summed E-state index contributed by atoms with van der Waals surface area (Å²) in [6.45, 7) is 8.74. The molecule has 1 aromatic heterocycles. The molecule has 4 rings (SSSR count). The molecule has 0 spiro atoms. The van der Waals surface area contributed by atoms with Gasteiger partial charge in [-0.1, -0.05) is 12.1 Å². The van der Waals surface area contributed by atoms with Gasteiger partial charge in [-0.15, -0.1) is 0 Å². The van der Waals surface area contributed by atoms with E-state index in [4.69, 9.17) is 4.74 Å². The highest BCUT2D eigenvalue weighted by molar-refractivity contribution is 5.69. The van der Waals surface area contributed by atoms with E-state index in [1.807, 2.05) is 37.8 Å². The van der Waals surface area contributed by atoms with E-state index in [2.05, 4.69) is 27.5 Å². The molecule has 0 bridgehead atoms. The second-order valence-electron chi connectivity index (χ2n) is 9.49. The molecule has 162 valence electrons. The molecular weight excluding hydrogens is 378 g/mol. The number of nitrogens with one attached hydrogen (secondary N) is 1. The number of carbonyl (C=O) groups is 1. The largest absolute Gasteiger partial charge is 0.444 e. The molecule has 2 aliphatic heterocycles. The summed E-state index contributed by atoms with van der Waals surface area (Å²) in [5.74, 6) is 1.38. The first kappa shape index (κ1) is 20.8. The maximum Gasteiger partial charge on any atom is 0.410 e. The van der Waals surface area contributed by atoms with Crippen LogP contribution in [0.2, 0.25) is 0 Å². The zero-order valence-corrected chi connectivity index (χ0v) is 18.3. The van der Waals surface area contributed by atoms with Crippen molar-refractivity contribution in [3.63, 3.8) is 0 Å². The van der Waals surface area contributed by atoms with Gasteiger partial charge in [0.1, 0.15) is 18.3 Å². The number of benzene rings is 1. The summed E-state index contributed by atoms with van der Waals surface area (Å²) < 4.78 is 7.49. The van der Waals surface area contributed by atoms with Gasteiger partial charge in [0.25, 0.3) is 0 Å². The van der Waals surface area contributed by atoms with E-state index >= 15 is 0 Å². The van der Waals surface area contributed by atoms with Gasteiger partial charge in [0.2, 0.25) is 0 Å². The Kier molecular flexibility index (Phi) is 6.09. The first-order valence-electron chi connectivity index (χ1n) is 11.1. The Morgan fingerprint density at radius 2 is 1.83 bits per heavy atom. The summed E-state index contributed by atoms with van der Waals surface area (Å²) in [6.07, 6.45) is 7.52. The van der Waals surface area contributed by atoms with E-state index in [1.54, 1.807) is 11.0 Å². The van der Waals surface area contributed by atoms with Crippen LogP contribution in [0.4, 0.5) is 4.79 Å². The minimum absolute atomic E-state index is 0.0401. The fourth-order valence-electron chi connectivity index (χ4n) is 4.78. The van der Waals surface area contributed by atoms with E-state index < -0.39 is 5.60 Å². The highest BCUT2D eigenvalue weighted by Gasteiger charge is 2.37. The minimum atomic E-state index is -0.496. The third-order valence-electron chi connectivity index (χ3n) is 6.28. The molecule has 1 aromatic carbocycles. The summed E-state index contributed by atoms with van der Waals surface area (Å²) in [6, 6.07) is 8.36. The summed E-state index contributed by atoms with van der Waals surface area (Å²) >= 11 is 0. The third-order valence-corrected chi connectivity index (χ3v) is 6.28. The normalized spacial score (nSPS) is 23.4. The number of carbonyl (C=O) groups excluding carboxylic acids is 1. The molecule has 2 saturated heterocycles. The summed E-state index contributed by atoms with van der Waals surface area (Å²) in [4.78, 5) is 19.0. The van der Waals surface area contributed by atoms with Crippen molar-refractivity contribution in [2.24, 2.45) is 11.8 Å². The van der Waals surface area contributed by atoms with Crippen LogP contribution in [0.1, 0.15) is 58.1 Å². The van der Waals surface area contributed by atoms with Crippen LogP contribution in [0.15, 0.2) is 36.9 Å². The van der Waals surface area contributed by atoms with Gasteiger partial charge in [0.05, 0.1) is 11.7 Å². The van der Waals surface area contributed by atoms with Crippen molar-refractivity contribution < 1.29 is 9.53 Å². The van der Waals surface area contributed by atoms with Crippen LogP contribution < -0.4 is 5.32 Å². The predicted octanol–water partition coefficient (Wildman–Crippen LogP) is 3.96. The van der Waals surface area contributed by atoms with Gasteiger partial charge < -0.3 is 15.0 Å². The monoisotopic (exact) mass is 411 g/mol. The fraction of sp³-hybridized carbons (Fsp3) is 0.609. The van der Waals surface area contributed by atoms with E-state index in [0.29, 0.717) is 5.92 Å². The molecule has 2 aromatic rings. The van der Waals surface area contributed by atoms with Crippen molar-refractivity contribution in [1.82, 2.24) is 25.0 Å². The van der Waals surface area contributed by atoms with Gasteiger partial charge in [-0.05, 0) is 89.1 Å². The van der Waals surface area contributed by atoms with Gasteiger partial charge in [-0.2, -0.15) is 5.10 Å². The second-order valence-corrected chi connectivity index (χ2v) is 9.49. The Hall–Kier alpha value is -2.41. The molecule has 2 atom stereocenters. The molecule has 2 aliphatic rings. The standard InChI is InChI=1S/C23H33N5O2/c1-23(2,3)30-22(29)27-13-10-19(17-8-11-24-12-9-17)14-21(27)18-4-6-20(7-5-18)28-16-25-15-26-28/h4-7,15-17,19,21,24H,8-14H2,1-3H3/t19?,21-/m1/s1. The van der Waals surface area contributed by atoms with Gasteiger partial charge in [-0.3, -0.25) is 0 Å². The van der Waals surface area contributed by atoms with Crippen LogP contribution in [-0.4, -0.2) is 51.0 Å². The topological polar surface area (TPSA) is 72.3 Å². The van der Waals surface area contributed by atoms with Crippen LogP contribution in [0.5, 0.6) is 0 Å². The molecule has 1 unspecified atom stereocenters. The highest BCUT2D eigenvalue weighted by Crippen LogP contribution is 2.40. The lowest BCUT2D eigenvalue weighted by Crippen LogP contribution is -2.45. The van der Waals surface area contributed by atoms with Crippen LogP contribution >= 0.6 is 0 Å². The molecule has 7 heteroatoms. The lowest BCUT2D eigenvalue weighted by atomic mass is 9.76. The Balaban J connectivity index is 1.56. The molecular formula is C23H33N5O2. The SMILES string of the molecule is CC(C)(C)OC(=O)N1CCC(C2CCNCC2)C[C@@H]1c1ccc(-n2cncn2)cc1. The average Bonchev–Trinajstić information content (AvgIpc) is 3.28. The molecule has 3 heterocycles. The summed E-state index contributed by atoms with van der Waals surface area (Å²) in [5.41, 5.74) is 1.62. The second kappa shape index (κ2) is 8.76. The fourth-order valence-corrected chi connectivity index (χ4v) is 4.78. The van der Waals surface area contributed by atoms with Crippen LogP contribution in [-0.2, 0) is 4.74 Å². The Morgan fingerprint density at radius 1 is 1.10 bits per heavy atom. The molecule has 0 aliphatic carbocycles. The summed E-state index contributed by atoms with van der Waals surface area (Å²) in [5, 5.41) is 7.67. The van der Waals surface area contributed by atoms with Crippen LogP contribution in [0, 0.1) is 11.8 Å². The molecule has 0 radical (unpaired) electrons. The highest BCUT2D eigenvalue weighted by atomic mass is 16.6. The van der Waals surface area contributed by atoms with Crippen molar-refractivity contribution >= 4 is 6.09 Å². The third kappa shape index (κ3) is 4.83. The number of hydrogen-bond donors (Lipinski definition) is 1. The van der Waals surface area contributed by atoms with Gasteiger partial charge in [0, 0.05) is 6.54 Å². The van der Waals surface area contributed by atoms with Crippen LogP contribution in [0.3, 0.4) is 0 Å². The van der Waals surface area contributed by atoms with E-state index in [-0.39, 0.29) is 12.1 Å². The van der Waals surface area contributed by atoms with E-state index in [1.165, 1.54) is 19.2 Å². The number of ether oxygens (including phenoxy) is 1. The summed E-state index contributed by atoms with van der Waals surface area (Å²) in [7, 11) is 0.